The number of oxazole rings is 1. The molecule has 0 radical (unpaired) electrons. The first-order valence-electron chi connectivity index (χ1n) is 5.86. The van der Waals surface area contributed by atoms with Crippen molar-refractivity contribution < 1.29 is 14.3 Å². The third-order valence-electron chi connectivity index (χ3n) is 3.09. The Hall–Kier alpha value is -2.01. The van der Waals surface area contributed by atoms with Crippen LogP contribution in [0.4, 0.5) is 4.79 Å². The minimum Gasteiger partial charge on any atom is -0.465 e. The summed E-state index contributed by atoms with van der Waals surface area (Å²) in [5, 5.41) is 9.62. The van der Waals surface area contributed by atoms with Gasteiger partial charge < -0.3 is 14.4 Å². The van der Waals surface area contributed by atoms with Gasteiger partial charge in [0.05, 0.1) is 12.2 Å². The second kappa shape index (κ2) is 4.59. The van der Waals surface area contributed by atoms with Crippen molar-refractivity contribution >= 4 is 17.7 Å². The SMILES string of the molecule is O=C(O)N1CCc2nc(-c3ccc(Cl)cc3)oc2C1. The zero-order valence-corrected chi connectivity index (χ0v) is 10.7. The van der Waals surface area contributed by atoms with Gasteiger partial charge in [0.2, 0.25) is 5.89 Å². The van der Waals surface area contributed by atoms with Crippen molar-refractivity contribution in [2.24, 2.45) is 0 Å². The molecule has 0 aliphatic carbocycles. The van der Waals surface area contributed by atoms with E-state index in [1.165, 1.54) is 4.90 Å². The quantitative estimate of drug-likeness (QED) is 0.871. The Kier molecular flexibility index (Phi) is 2.91. The molecule has 1 aliphatic rings. The summed E-state index contributed by atoms with van der Waals surface area (Å²) in [6.07, 6.45) is -0.353. The Bertz CT molecular complexity index is 621. The summed E-state index contributed by atoms with van der Waals surface area (Å²) >= 11 is 5.83. The number of halogens is 1. The summed E-state index contributed by atoms with van der Waals surface area (Å²) in [6.45, 7) is 0.709. The van der Waals surface area contributed by atoms with Crippen LogP contribution in [0.5, 0.6) is 0 Å². The maximum Gasteiger partial charge on any atom is 0.407 e. The maximum absolute atomic E-state index is 10.9. The molecule has 1 aromatic heterocycles. The molecule has 98 valence electrons. The van der Waals surface area contributed by atoms with Crippen LogP contribution < -0.4 is 0 Å². The van der Waals surface area contributed by atoms with E-state index in [9.17, 15) is 4.79 Å². The number of aromatic nitrogens is 1. The van der Waals surface area contributed by atoms with E-state index in [4.69, 9.17) is 21.1 Å². The molecule has 0 saturated heterocycles. The normalized spacial score (nSPS) is 14.3. The molecule has 0 unspecified atom stereocenters. The van der Waals surface area contributed by atoms with Crippen molar-refractivity contribution in [1.29, 1.82) is 0 Å². The van der Waals surface area contributed by atoms with Crippen LogP contribution in [0.15, 0.2) is 28.7 Å². The molecule has 1 aliphatic heterocycles. The van der Waals surface area contributed by atoms with Gasteiger partial charge >= 0.3 is 6.09 Å². The van der Waals surface area contributed by atoms with Crippen LogP contribution in [-0.4, -0.2) is 27.6 Å². The highest BCUT2D eigenvalue weighted by Gasteiger charge is 2.25. The van der Waals surface area contributed by atoms with Crippen LogP contribution in [0.1, 0.15) is 11.5 Å². The molecule has 0 spiro atoms. The minimum atomic E-state index is -0.935. The number of amides is 1. The number of rotatable bonds is 1. The molecule has 5 nitrogen and oxygen atoms in total. The molecule has 0 fully saturated rings. The van der Waals surface area contributed by atoms with Gasteiger partial charge in [-0.1, -0.05) is 11.6 Å². The summed E-state index contributed by atoms with van der Waals surface area (Å²) < 4.78 is 5.65. The van der Waals surface area contributed by atoms with Crippen LogP contribution in [0, 0.1) is 0 Å². The van der Waals surface area contributed by atoms with Crippen molar-refractivity contribution in [1.82, 2.24) is 9.88 Å². The predicted molar refractivity (Wildman–Crippen MR) is 69.1 cm³/mol. The van der Waals surface area contributed by atoms with E-state index in [0.29, 0.717) is 29.6 Å². The van der Waals surface area contributed by atoms with Gasteiger partial charge in [0.1, 0.15) is 5.76 Å². The summed E-state index contributed by atoms with van der Waals surface area (Å²) in [7, 11) is 0. The molecule has 19 heavy (non-hydrogen) atoms. The molecule has 3 rings (SSSR count). The summed E-state index contributed by atoms with van der Waals surface area (Å²) in [5.41, 5.74) is 1.67. The van der Waals surface area contributed by atoms with Crippen LogP contribution >= 0.6 is 11.6 Å². The maximum atomic E-state index is 10.9. The molecular weight excluding hydrogens is 268 g/mol. The lowest BCUT2D eigenvalue weighted by Gasteiger charge is -2.21. The first-order valence-corrected chi connectivity index (χ1v) is 6.23. The van der Waals surface area contributed by atoms with Crippen LogP contribution in [-0.2, 0) is 13.0 Å². The van der Waals surface area contributed by atoms with E-state index in [-0.39, 0.29) is 6.54 Å². The highest BCUT2D eigenvalue weighted by molar-refractivity contribution is 6.30. The Morgan fingerprint density at radius 1 is 1.37 bits per heavy atom. The number of hydrogen-bond acceptors (Lipinski definition) is 3. The summed E-state index contributed by atoms with van der Waals surface area (Å²) in [4.78, 5) is 16.7. The van der Waals surface area contributed by atoms with Crippen molar-refractivity contribution in [2.75, 3.05) is 6.54 Å². The lowest BCUT2D eigenvalue weighted by Crippen LogP contribution is -2.34. The van der Waals surface area contributed by atoms with E-state index in [1.54, 1.807) is 12.1 Å². The fourth-order valence-electron chi connectivity index (χ4n) is 2.07. The topological polar surface area (TPSA) is 66.6 Å². The Balaban J connectivity index is 1.91. The predicted octanol–water partition coefficient (Wildman–Crippen LogP) is 3.03. The molecule has 0 bridgehead atoms. The smallest absolute Gasteiger partial charge is 0.407 e. The monoisotopic (exact) mass is 278 g/mol. The fourth-order valence-corrected chi connectivity index (χ4v) is 2.20. The number of fused-ring (bicyclic) bond motifs is 1. The van der Waals surface area contributed by atoms with Crippen LogP contribution in [0.3, 0.4) is 0 Å². The lowest BCUT2D eigenvalue weighted by atomic mass is 10.2. The Morgan fingerprint density at radius 2 is 2.11 bits per heavy atom. The van der Waals surface area contributed by atoms with Gasteiger partial charge in [0.25, 0.3) is 0 Å². The first kappa shape index (κ1) is 12.0. The van der Waals surface area contributed by atoms with E-state index in [0.717, 1.165) is 11.3 Å². The molecule has 2 heterocycles. The summed E-state index contributed by atoms with van der Waals surface area (Å²) in [5.74, 6) is 1.13. The zero-order valence-electron chi connectivity index (χ0n) is 9.97. The minimum absolute atomic E-state index is 0.255. The van der Waals surface area contributed by atoms with Gasteiger partial charge in [-0.15, -0.1) is 0 Å². The second-order valence-corrected chi connectivity index (χ2v) is 4.79. The van der Waals surface area contributed by atoms with Gasteiger partial charge in [-0.25, -0.2) is 9.78 Å². The van der Waals surface area contributed by atoms with Gasteiger partial charge in [-0.3, -0.25) is 0 Å². The first-order chi connectivity index (χ1) is 9.13. The highest BCUT2D eigenvalue weighted by Crippen LogP contribution is 2.27. The van der Waals surface area contributed by atoms with E-state index in [2.05, 4.69) is 4.98 Å². The molecule has 1 amide bonds. The fraction of sp³-hybridized carbons (Fsp3) is 0.231. The average molecular weight is 279 g/mol. The number of benzene rings is 1. The largest absolute Gasteiger partial charge is 0.465 e. The second-order valence-electron chi connectivity index (χ2n) is 4.35. The van der Waals surface area contributed by atoms with Crippen LogP contribution in [0.2, 0.25) is 5.02 Å². The number of nitrogens with zero attached hydrogens (tertiary/aromatic N) is 2. The highest BCUT2D eigenvalue weighted by atomic mass is 35.5. The van der Waals surface area contributed by atoms with Gasteiger partial charge in [0, 0.05) is 23.6 Å². The molecule has 0 saturated carbocycles. The zero-order chi connectivity index (χ0) is 13.4. The standard InChI is InChI=1S/C13H11ClN2O3/c14-9-3-1-8(2-4-9)12-15-10-5-6-16(13(17)18)7-11(10)19-12/h1-4H,5-7H2,(H,17,18). The lowest BCUT2D eigenvalue weighted by molar-refractivity contribution is 0.135. The van der Waals surface area contributed by atoms with E-state index >= 15 is 0 Å². The molecule has 1 aromatic carbocycles. The third-order valence-corrected chi connectivity index (χ3v) is 3.34. The third kappa shape index (κ3) is 2.29. The van der Waals surface area contributed by atoms with E-state index in [1.807, 2.05) is 12.1 Å². The number of hydrogen-bond donors (Lipinski definition) is 1. The van der Waals surface area contributed by atoms with Crippen molar-refractivity contribution in [2.45, 2.75) is 13.0 Å². The van der Waals surface area contributed by atoms with Gasteiger partial charge in [-0.05, 0) is 24.3 Å². The molecule has 0 atom stereocenters. The molecule has 6 heteroatoms. The summed E-state index contributed by atoms with van der Waals surface area (Å²) in [6, 6.07) is 7.19. The molecular formula is C13H11ClN2O3. The van der Waals surface area contributed by atoms with Crippen molar-refractivity contribution in [3.05, 3.63) is 40.7 Å². The van der Waals surface area contributed by atoms with Gasteiger partial charge in [0.15, 0.2) is 0 Å². The molecule has 2 aromatic rings. The van der Waals surface area contributed by atoms with E-state index < -0.39 is 6.09 Å². The number of carboxylic acid groups (broad SMARTS) is 1. The molecule has 1 N–H and O–H groups in total. The Morgan fingerprint density at radius 3 is 2.79 bits per heavy atom. The van der Waals surface area contributed by atoms with Crippen LogP contribution in [0.25, 0.3) is 11.5 Å². The van der Waals surface area contributed by atoms with Gasteiger partial charge in [-0.2, -0.15) is 0 Å². The number of carbonyl (C=O) groups is 1. The van der Waals surface area contributed by atoms with Crippen molar-refractivity contribution in [3.63, 3.8) is 0 Å². The van der Waals surface area contributed by atoms with Crippen molar-refractivity contribution in [3.8, 4) is 11.5 Å². The average Bonchev–Trinajstić information content (AvgIpc) is 2.82. The Labute approximate surface area is 114 Å².